The molecule has 0 fully saturated rings. The van der Waals surface area contributed by atoms with E-state index in [1.54, 1.807) is 6.07 Å². The lowest BCUT2D eigenvalue weighted by molar-refractivity contribution is -0.121. The zero-order valence-electron chi connectivity index (χ0n) is 14.1. The molecular weight excluding hydrogens is 350 g/mol. The first-order valence-electron chi connectivity index (χ1n) is 8.26. The van der Waals surface area contributed by atoms with E-state index in [-0.39, 0.29) is 18.0 Å². The molecule has 0 unspecified atom stereocenters. The van der Waals surface area contributed by atoms with Gasteiger partial charge in [0.2, 0.25) is 5.91 Å². The third-order valence-corrected chi connectivity index (χ3v) is 4.13. The highest BCUT2D eigenvalue weighted by Crippen LogP contribution is 2.14. The lowest BCUT2D eigenvalue weighted by Crippen LogP contribution is -2.34. The molecule has 26 heavy (non-hydrogen) atoms. The number of nitrogens with one attached hydrogen (secondary N) is 1. The summed E-state index contributed by atoms with van der Waals surface area (Å²) in [6.07, 6.45) is 0.690. The summed E-state index contributed by atoms with van der Waals surface area (Å²) < 4.78 is 1.18. The van der Waals surface area contributed by atoms with Gasteiger partial charge in [0.25, 0.3) is 5.56 Å². The molecule has 2 aromatic carbocycles. The van der Waals surface area contributed by atoms with Gasteiger partial charge < -0.3 is 5.32 Å². The molecule has 0 spiro atoms. The number of carbonyl (C=O) groups excluding carboxylic acids is 1. The number of hydrogen-bond acceptors (Lipinski definition) is 3. The standard InChI is InChI=1S/C20H18ClN3O2/c21-17-8-6-15(7-9-17)12-13-22-19(25)14-24-20(26)11-10-18(23-24)16-4-2-1-3-5-16/h1-11H,12-14H2,(H,22,25). The van der Waals surface area contributed by atoms with Gasteiger partial charge in [-0.3, -0.25) is 9.59 Å². The van der Waals surface area contributed by atoms with Gasteiger partial charge in [0, 0.05) is 23.2 Å². The van der Waals surface area contributed by atoms with Crippen LogP contribution in [0.3, 0.4) is 0 Å². The van der Waals surface area contributed by atoms with Gasteiger partial charge in [0.1, 0.15) is 6.54 Å². The third-order valence-electron chi connectivity index (χ3n) is 3.88. The second-order valence-electron chi connectivity index (χ2n) is 5.81. The van der Waals surface area contributed by atoms with Crippen LogP contribution in [-0.4, -0.2) is 22.2 Å². The molecule has 132 valence electrons. The molecule has 3 rings (SSSR count). The van der Waals surface area contributed by atoms with E-state index < -0.39 is 0 Å². The average Bonchev–Trinajstić information content (AvgIpc) is 2.66. The van der Waals surface area contributed by atoms with Gasteiger partial charge in [-0.1, -0.05) is 54.1 Å². The van der Waals surface area contributed by atoms with Crippen molar-refractivity contribution in [3.8, 4) is 11.3 Å². The molecule has 1 N–H and O–H groups in total. The van der Waals surface area contributed by atoms with Crippen molar-refractivity contribution in [1.29, 1.82) is 0 Å². The summed E-state index contributed by atoms with van der Waals surface area (Å²) in [4.78, 5) is 24.1. The monoisotopic (exact) mass is 367 g/mol. The van der Waals surface area contributed by atoms with E-state index in [1.165, 1.54) is 10.7 Å². The maximum Gasteiger partial charge on any atom is 0.267 e. The normalized spacial score (nSPS) is 10.5. The van der Waals surface area contributed by atoms with E-state index >= 15 is 0 Å². The minimum Gasteiger partial charge on any atom is -0.354 e. The SMILES string of the molecule is O=C(Cn1nc(-c2ccccc2)ccc1=O)NCCc1ccc(Cl)cc1. The number of halogens is 1. The molecule has 1 amide bonds. The van der Waals surface area contributed by atoms with Crippen LogP contribution in [0, 0.1) is 0 Å². The molecule has 0 bridgehead atoms. The van der Waals surface area contributed by atoms with Crippen LogP contribution < -0.4 is 10.9 Å². The number of amides is 1. The maximum absolute atomic E-state index is 12.1. The maximum atomic E-state index is 12.1. The number of benzene rings is 2. The first-order chi connectivity index (χ1) is 12.6. The summed E-state index contributed by atoms with van der Waals surface area (Å²) in [6, 6.07) is 20.1. The van der Waals surface area contributed by atoms with Gasteiger partial charge in [-0.2, -0.15) is 5.10 Å². The molecule has 0 atom stereocenters. The minimum absolute atomic E-state index is 0.111. The fraction of sp³-hybridized carbons (Fsp3) is 0.150. The van der Waals surface area contributed by atoms with Crippen LogP contribution in [0.25, 0.3) is 11.3 Å². The van der Waals surface area contributed by atoms with Crippen LogP contribution in [0.5, 0.6) is 0 Å². The van der Waals surface area contributed by atoms with Crippen LogP contribution in [0.15, 0.2) is 71.5 Å². The Balaban J connectivity index is 1.60. The van der Waals surface area contributed by atoms with Crippen LogP contribution in [-0.2, 0) is 17.8 Å². The highest BCUT2D eigenvalue weighted by Gasteiger charge is 2.07. The second-order valence-corrected chi connectivity index (χ2v) is 6.24. The molecule has 0 saturated heterocycles. The zero-order chi connectivity index (χ0) is 18.4. The van der Waals surface area contributed by atoms with E-state index in [9.17, 15) is 9.59 Å². The van der Waals surface area contributed by atoms with Crippen molar-refractivity contribution in [2.24, 2.45) is 0 Å². The first kappa shape index (κ1) is 17.9. The number of hydrogen-bond donors (Lipinski definition) is 1. The summed E-state index contributed by atoms with van der Waals surface area (Å²) in [5.41, 5.74) is 2.32. The predicted molar refractivity (Wildman–Crippen MR) is 102 cm³/mol. The van der Waals surface area contributed by atoms with Gasteiger partial charge in [0.15, 0.2) is 0 Å². The highest BCUT2D eigenvalue weighted by atomic mass is 35.5. The Hall–Kier alpha value is -2.92. The van der Waals surface area contributed by atoms with Crippen LogP contribution in [0.4, 0.5) is 0 Å². The van der Waals surface area contributed by atoms with E-state index in [4.69, 9.17) is 11.6 Å². The van der Waals surface area contributed by atoms with E-state index in [2.05, 4.69) is 10.4 Å². The van der Waals surface area contributed by atoms with E-state index in [0.29, 0.717) is 23.7 Å². The molecule has 3 aromatic rings. The molecule has 0 aliphatic rings. The lowest BCUT2D eigenvalue weighted by atomic mass is 10.1. The van der Waals surface area contributed by atoms with E-state index in [0.717, 1.165) is 11.1 Å². The largest absolute Gasteiger partial charge is 0.354 e. The number of rotatable bonds is 6. The van der Waals surface area contributed by atoms with Gasteiger partial charge in [0.05, 0.1) is 5.69 Å². The molecule has 0 radical (unpaired) electrons. The molecule has 0 aliphatic heterocycles. The smallest absolute Gasteiger partial charge is 0.267 e. The quantitative estimate of drug-likeness (QED) is 0.728. The summed E-state index contributed by atoms with van der Waals surface area (Å²) >= 11 is 5.85. The molecular formula is C20H18ClN3O2. The lowest BCUT2D eigenvalue weighted by Gasteiger charge is -2.08. The van der Waals surface area contributed by atoms with E-state index in [1.807, 2.05) is 54.6 Å². The fourth-order valence-corrected chi connectivity index (χ4v) is 2.64. The third kappa shape index (κ3) is 4.80. The average molecular weight is 368 g/mol. The number of aromatic nitrogens is 2. The number of nitrogens with zero attached hydrogens (tertiary/aromatic N) is 2. The molecule has 6 heteroatoms. The zero-order valence-corrected chi connectivity index (χ0v) is 14.8. The van der Waals surface area contributed by atoms with Crippen molar-refractivity contribution in [3.05, 3.63) is 87.7 Å². The highest BCUT2D eigenvalue weighted by molar-refractivity contribution is 6.30. The van der Waals surface area contributed by atoms with Crippen molar-refractivity contribution in [2.75, 3.05) is 6.54 Å². The Morgan fingerprint density at radius 2 is 1.73 bits per heavy atom. The first-order valence-corrected chi connectivity index (χ1v) is 8.64. The van der Waals surface area contributed by atoms with Crippen molar-refractivity contribution in [2.45, 2.75) is 13.0 Å². The van der Waals surface area contributed by atoms with Gasteiger partial charge in [-0.15, -0.1) is 0 Å². The molecule has 0 aliphatic carbocycles. The Morgan fingerprint density at radius 1 is 1.00 bits per heavy atom. The summed E-state index contributed by atoms with van der Waals surface area (Å²) in [6.45, 7) is 0.369. The van der Waals surface area contributed by atoms with Crippen molar-refractivity contribution < 1.29 is 4.79 Å². The summed E-state index contributed by atoms with van der Waals surface area (Å²) in [5, 5.41) is 7.78. The predicted octanol–water partition coefficient (Wildman–Crippen LogP) is 2.92. The van der Waals surface area contributed by atoms with Crippen LogP contribution >= 0.6 is 11.6 Å². The van der Waals surface area contributed by atoms with Crippen molar-refractivity contribution in [1.82, 2.24) is 15.1 Å². The molecule has 0 saturated carbocycles. The van der Waals surface area contributed by atoms with Crippen molar-refractivity contribution in [3.63, 3.8) is 0 Å². The Bertz CT molecular complexity index is 937. The molecule has 5 nitrogen and oxygen atoms in total. The van der Waals surface area contributed by atoms with Crippen LogP contribution in [0.2, 0.25) is 5.02 Å². The molecule has 1 heterocycles. The minimum atomic E-state index is -0.308. The van der Waals surface area contributed by atoms with Gasteiger partial charge in [-0.05, 0) is 30.2 Å². The van der Waals surface area contributed by atoms with Crippen LogP contribution in [0.1, 0.15) is 5.56 Å². The Labute approximate surface area is 156 Å². The van der Waals surface area contributed by atoms with Gasteiger partial charge in [-0.25, -0.2) is 4.68 Å². The summed E-state index contributed by atoms with van der Waals surface area (Å²) in [5.74, 6) is -0.251. The summed E-state index contributed by atoms with van der Waals surface area (Å²) in [7, 11) is 0. The van der Waals surface area contributed by atoms with Gasteiger partial charge >= 0.3 is 0 Å². The Morgan fingerprint density at radius 3 is 2.46 bits per heavy atom. The number of carbonyl (C=O) groups is 1. The topological polar surface area (TPSA) is 64.0 Å². The second kappa shape index (κ2) is 8.45. The Kier molecular flexibility index (Phi) is 5.81. The van der Waals surface area contributed by atoms with Crippen molar-refractivity contribution >= 4 is 17.5 Å². The fourth-order valence-electron chi connectivity index (χ4n) is 2.51. The molecule has 1 aromatic heterocycles.